The highest BCUT2D eigenvalue weighted by Crippen LogP contribution is 2.31. The van der Waals surface area contributed by atoms with Gasteiger partial charge in [-0.05, 0) is 50.6 Å². The van der Waals surface area contributed by atoms with Gasteiger partial charge in [-0.3, -0.25) is 10.4 Å². The van der Waals surface area contributed by atoms with E-state index in [0.717, 1.165) is 17.0 Å². The van der Waals surface area contributed by atoms with Gasteiger partial charge in [0.1, 0.15) is 6.61 Å². The number of rotatable bonds is 6. The minimum absolute atomic E-state index is 0.332. The van der Waals surface area contributed by atoms with Gasteiger partial charge in [-0.1, -0.05) is 16.8 Å². The number of anilines is 2. The van der Waals surface area contributed by atoms with Gasteiger partial charge in [0.25, 0.3) is 0 Å². The summed E-state index contributed by atoms with van der Waals surface area (Å²) in [5.74, 6) is 0.818. The predicted molar refractivity (Wildman–Crippen MR) is 107 cm³/mol. The van der Waals surface area contributed by atoms with E-state index in [1.165, 1.54) is 6.20 Å². The number of hydrogen-bond donors (Lipinski definition) is 3. The average molecular weight is 401 g/mol. The second-order valence-corrected chi connectivity index (χ2v) is 7.20. The van der Waals surface area contributed by atoms with Crippen molar-refractivity contribution in [1.29, 1.82) is 0 Å². The molecule has 0 saturated carbocycles. The summed E-state index contributed by atoms with van der Waals surface area (Å²) in [5, 5.41) is 21.8. The Kier molecular flexibility index (Phi) is 5.91. The molecule has 2 heterocycles. The molecule has 3 N–H and O–H groups in total. The Morgan fingerprint density at radius 3 is 2.86 bits per heavy atom. The monoisotopic (exact) mass is 400 g/mol. The lowest BCUT2D eigenvalue weighted by molar-refractivity contribution is 0.0788. The summed E-state index contributed by atoms with van der Waals surface area (Å²) in [6.07, 6.45) is 6.67. The van der Waals surface area contributed by atoms with Gasteiger partial charge in [0.15, 0.2) is 11.6 Å². The van der Waals surface area contributed by atoms with Crippen LogP contribution in [0.15, 0.2) is 64.5 Å². The van der Waals surface area contributed by atoms with Crippen LogP contribution in [0.4, 0.5) is 17.3 Å². The summed E-state index contributed by atoms with van der Waals surface area (Å²) in [7, 11) is 0. The molecule has 1 aromatic carbocycles. The molecule has 0 unspecified atom stereocenters. The molecule has 0 amide bonds. The second-order valence-electron chi connectivity index (χ2n) is 6.80. The van der Waals surface area contributed by atoms with Crippen molar-refractivity contribution in [3.63, 3.8) is 0 Å². The second kappa shape index (κ2) is 8.37. The summed E-state index contributed by atoms with van der Waals surface area (Å²) in [6.45, 7) is 5.69. The van der Waals surface area contributed by atoms with Crippen molar-refractivity contribution in [3.05, 3.63) is 64.8 Å². The van der Waals surface area contributed by atoms with Gasteiger partial charge in [-0.2, -0.15) is 0 Å². The number of aliphatic hydroxyl groups is 1. The molecule has 3 rings (SSSR count). The molecule has 8 nitrogen and oxygen atoms in total. The molecule has 0 saturated heterocycles. The van der Waals surface area contributed by atoms with E-state index in [4.69, 9.17) is 16.3 Å². The minimum Gasteiger partial charge on any atom is -0.495 e. The number of nitrogens with zero attached hydrogens (tertiary/aromatic N) is 4. The molecule has 146 valence electrons. The van der Waals surface area contributed by atoms with Gasteiger partial charge in [0, 0.05) is 16.3 Å². The number of allylic oxidation sites excluding steroid dienone is 2. The van der Waals surface area contributed by atoms with Crippen molar-refractivity contribution < 1.29 is 9.84 Å². The molecule has 9 heteroatoms. The number of aromatic nitrogens is 2. The van der Waals surface area contributed by atoms with E-state index in [1.807, 2.05) is 13.0 Å². The first kappa shape index (κ1) is 19.8. The Bertz CT molecular complexity index is 950. The standard InChI is InChI=1S/C19H21ClN6O2/c1-12-6-14(11-28-10-12)24-26-25-18-9-21-8-17(23-18)22-13-4-5-16(20)15(7-13)19(2,3)27/h4-10,27H,11H2,1-3H3,(H2,22,23,24,25). The molecule has 0 aliphatic carbocycles. The maximum absolute atomic E-state index is 10.2. The number of halogens is 1. The maximum Gasteiger partial charge on any atom is 0.196 e. The maximum atomic E-state index is 10.2. The number of nitrogens with one attached hydrogen (secondary N) is 2. The zero-order valence-corrected chi connectivity index (χ0v) is 16.5. The zero-order valence-electron chi connectivity index (χ0n) is 15.8. The number of ether oxygens (including phenoxy) is 1. The van der Waals surface area contributed by atoms with Crippen LogP contribution in [0.1, 0.15) is 26.3 Å². The van der Waals surface area contributed by atoms with Crippen molar-refractivity contribution >= 4 is 28.9 Å². The normalized spacial score (nSPS) is 14.3. The molecule has 1 aromatic heterocycles. The Balaban J connectivity index is 1.70. The number of benzene rings is 1. The van der Waals surface area contributed by atoms with E-state index in [-0.39, 0.29) is 0 Å². The lowest BCUT2D eigenvalue weighted by Gasteiger charge is -2.20. The molecule has 0 fully saturated rings. The average Bonchev–Trinajstić information content (AvgIpc) is 2.63. The van der Waals surface area contributed by atoms with Crippen molar-refractivity contribution in [2.24, 2.45) is 10.3 Å². The van der Waals surface area contributed by atoms with Crippen LogP contribution in [-0.4, -0.2) is 21.7 Å². The van der Waals surface area contributed by atoms with Crippen LogP contribution in [0.5, 0.6) is 0 Å². The van der Waals surface area contributed by atoms with Crippen LogP contribution in [-0.2, 0) is 10.3 Å². The van der Waals surface area contributed by atoms with Crippen molar-refractivity contribution in [2.75, 3.05) is 11.9 Å². The summed E-state index contributed by atoms with van der Waals surface area (Å²) < 4.78 is 5.26. The lowest BCUT2D eigenvalue weighted by Crippen LogP contribution is -2.16. The first-order valence-corrected chi connectivity index (χ1v) is 8.96. The molecule has 0 radical (unpaired) electrons. The predicted octanol–water partition coefficient (Wildman–Crippen LogP) is 4.51. The summed E-state index contributed by atoms with van der Waals surface area (Å²) >= 11 is 6.17. The molecular weight excluding hydrogens is 380 g/mol. The smallest absolute Gasteiger partial charge is 0.196 e. The first-order valence-electron chi connectivity index (χ1n) is 8.58. The van der Waals surface area contributed by atoms with E-state index in [2.05, 4.69) is 31.0 Å². The van der Waals surface area contributed by atoms with Gasteiger partial charge in [0.2, 0.25) is 0 Å². The van der Waals surface area contributed by atoms with E-state index >= 15 is 0 Å². The van der Waals surface area contributed by atoms with Crippen LogP contribution >= 0.6 is 11.6 Å². The zero-order chi connectivity index (χ0) is 20.1. The summed E-state index contributed by atoms with van der Waals surface area (Å²) in [4.78, 5) is 8.46. The Hall–Kier alpha value is -2.97. The fraction of sp³-hybridized carbons (Fsp3) is 0.263. The summed E-state index contributed by atoms with van der Waals surface area (Å²) in [6, 6.07) is 5.28. The quantitative estimate of drug-likeness (QED) is 0.487. The van der Waals surface area contributed by atoms with Gasteiger partial charge >= 0.3 is 0 Å². The first-order chi connectivity index (χ1) is 13.3. The van der Waals surface area contributed by atoms with E-state index in [9.17, 15) is 5.11 Å². The lowest BCUT2D eigenvalue weighted by atomic mass is 9.98. The number of hydrogen-bond acceptors (Lipinski definition) is 7. The van der Waals surface area contributed by atoms with E-state index in [0.29, 0.717) is 28.8 Å². The highest BCUT2D eigenvalue weighted by Gasteiger charge is 2.20. The highest BCUT2D eigenvalue weighted by molar-refractivity contribution is 6.31. The van der Waals surface area contributed by atoms with E-state index < -0.39 is 5.60 Å². The third kappa shape index (κ3) is 5.28. The highest BCUT2D eigenvalue weighted by atomic mass is 35.5. The Morgan fingerprint density at radius 2 is 2.11 bits per heavy atom. The van der Waals surface area contributed by atoms with Gasteiger partial charge in [-0.15, -0.1) is 5.11 Å². The molecule has 28 heavy (non-hydrogen) atoms. The van der Waals surface area contributed by atoms with Crippen LogP contribution in [0.25, 0.3) is 0 Å². The van der Waals surface area contributed by atoms with Crippen LogP contribution in [0, 0.1) is 0 Å². The molecule has 0 bridgehead atoms. The largest absolute Gasteiger partial charge is 0.495 e. The topological polar surface area (TPSA) is 104 Å². The minimum atomic E-state index is -1.06. The van der Waals surface area contributed by atoms with Crippen molar-refractivity contribution in [2.45, 2.75) is 26.4 Å². The summed E-state index contributed by atoms with van der Waals surface area (Å²) in [5.41, 5.74) is 4.88. The van der Waals surface area contributed by atoms with Crippen LogP contribution in [0.2, 0.25) is 5.02 Å². The molecule has 0 spiro atoms. The van der Waals surface area contributed by atoms with Gasteiger partial charge in [0.05, 0.1) is 30.0 Å². The Labute approximate surface area is 168 Å². The Morgan fingerprint density at radius 1 is 1.29 bits per heavy atom. The van der Waals surface area contributed by atoms with E-state index in [1.54, 1.807) is 44.5 Å². The fourth-order valence-electron chi connectivity index (χ4n) is 2.50. The molecule has 2 aromatic rings. The third-order valence-electron chi connectivity index (χ3n) is 3.78. The van der Waals surface area contributed by atoms with Crippen LogP contribution < -0.4 is 10.7 Å². The van der Waals surface area contributed by atoms with Gasteiger partial charge < -0.3 is 15.2 Å². The SMILES string of the molecule is CC1=COCC(NN=Nc2cncc(Nc3ccc(Cl)c(C(C)(C)O)c3)n2)=C1. The van der Waals surface area contributed by atoms with Crippen molar-refractivity contribution in [3.8, 4) is 0 Å². The molecule has 0 atom stereocenters. The third-order valence-corrected chi connectivity index (χ3v) is 4.11. The van der Waals surface area contributed by atoms with Crippen LogP contribution in [0.3, 0.4) is 0 Å². The molecule has 1 aliphatic heterocycles. The van der Waals surface area contributed by atoms with Crippen molar-refractivity contribution in [1.82, 2.24) is 15.4 Å². The van der Waals surface area contributed by atoms with Gasteiger partial charge in [-0.25, -0.2) is 4.98 Å². The fourth-order valence-corrected chi connectivity index (χ4v) is 2.85. The molecule has 1 aliphatic rings. The molecular formula is C19H21ClN6O2.